The first kappa shape index (κ1) is 32.7. The smallest absolute Gasteiger partial charge is 0.726 e. The van der Waals surface area contributed by atoms with Crippen molar-refractivity contribution in [3.63, 3.8) is 0 Å². The molecule has 2 unspecified atom stereocenters. The van der Waals surface area contributed by atoms with E-state index in [-0.39, 0.29) is 70.9 Å². The molecule has 192 valence electrons. The van der Waals surface area contributed by atoms with Gasteiger partial charge in [0.25, 0.3) is 0 Å². The van der Waals surface area contributed by atoms with Crippen LogP contribution in [0.3, 0.4) is 0 Å². The van der Waals surface area contributed by atoms with Crippen LogP contribution in [0.4, 0.5) is 0 Å². The van der Waals surface area contributed by atoms with Gasteiger partial charge < -0.3 is 24.9 Å². The molecule has 3 fully saturated rings. The van der Waals surface area contributed by atoms with Crippen LogP contribution in [0.2, 0.25) is 0 Å². The van der Waals surface area contributed by atoms with Crippen molar-refractivity contribution in [2.24, 2.45) is 41.4 Å². The molecule has 0 aromatic heterocycles. The molecule has 0 aromatic carbocycles. The van der Waals surface area contributed by atoms with Gasteiger partial charge in [0.1, 0.15) is 0 Å². The van der Waals surface area contributed by atoms with Gasteiger partial charge in [-0.1, -0.05) is 18.6 Å². The minimum Gasteiger partial charge on any atom is -0.726 e. The predicted molar refractivity (Wildman–Crippen MR) is 118 cm³/mol. The van der Waals surface area contributed by atoms with E-state index in [0.29, 0.717) is 61.2 Å². The number of carboxylic acid groups (broad SMARTS) is 1. The molecule has 12 heteroatoms. The second kappa shape index (κ2) is 13.7. The molecule has 0 spiro atoms. The minimum absolute atomic E-state index is 0. The summed E-state index contributed by atoms with van der Waals surface area (Å²) in [6, 6.07) is 0. The molecule has 9 nitrogen and oxygen atoms in total. The molecule has 0 radical (unpaired) electrons. The molecule has 0 aromatic rings. The SMILES string of the molecule is C[C@H](CCC(=O)NCC(=O)[O-])C1CC[C@H]2[C@H]3C(CC[C@H]12)[C@H]1CC[C@H](OS(=O)(=O)[O-])CC1=C[C@H]3O.[Na+].[Na+]. The molecule has 9 atom stereocenters. The summed E-state index contributed by atoms with van der Waals surface area (Å²) in [5.41, 5.74) is 1.04. The molecule has 0 heterocycles. The van der Waals surface area contributed by atoms with E-state index in [9.17, 15) is 32.8 Å². The number of hydrogen-bond acceptors (Lipinski definition) is 8. The van der Waals surface area contributed by atoms with Gasteiger partial charge in [-0.25, -0.2) is 8.42 Å². The molecule has 4 aliphatic carbocycles. The minimum atomic E-state index is -4.74. The number of aliphatic hydroxyl groups is 1. The number of fused-ring (bicyclic) bond motifs is 5. The maximum absolute atomic E-state index is 11.9. The van der Waals surface area contributed by atoms with Crippen LogP contribution >= 0.6 is 0 Å². The third-order valence-electron chi connectivity index (χ3n) is 9.03. The zero-order chi connectivity index (χ0) is 24.6. The van der Waals surface area contributed by atoms with Crippen LogP contribution in [0, 0.1) is 41.4 Å². The average molecular weight is 544 g/mol. The summed E-state index contributed by atoms with van der Waals surface area (Å²) in [6.45, 7) is 1.71. The van der Waals surface area contributed by atoms with Gasteiger partial charge in [-0.2, -0.15) is 0 Å². The number of amides is 1. The number of aliphatic carboxylic acids is 1. The molecular formula is C24H35NNa2O8S. The van der Waals surface area contributed by atoms with Gasteiger partial charge in [0, 0.05) is 6.42 Å². The summed E-state index contributed by atoms with van der Waals surface area (Å²) in [6.07, 6.45) is 7.65. The van der Waals surface area contributed by atoms with Crippen molar-refractivity contribution >= 4 is 22.3 Å². The molecular weight excluding hydrogens is 508 g/mol. The number of carbonyl (C=O) groups is 2. The topological polar surface area (TPSA) is 156 Å². The Labute approximate surface area is 258 Å². The first-order valence-electron chi connectivity index (χ1n) is 12.5. The van der Waals surface area contributed by atoms with Gasteiger partial charge in [0.2, 0.25) is 16.3 Å². The quantitative estimate of drug-likeness (QED) is 0.133. The Balaban J connectivity index is 0.00000228. The van der Waals surface area contributed by atoms with Crippen LogP contribution in [-0.4, -0.2) is 48.7 Å². The van der Waals surface area contributed by atoms with E-state index in [2.05, 4.69) is 12.2 Å². The maximum atomic E-state index is 11.9. The fourth-order valence-electron chi connectivity index (χ4n) is 7.77. The van der Waals surface area contributed by atoms with Crippen molar-refractivity contribution in [3.8, 4) is 0 Å². The van der Waals surface area contributed by atoms with Crippen LogP contribution in [0.15, 0.2) is 11.6 Å². The number of hydrogen-bond donors (Lipinski definition) is 2. The van der Waals surface area contributed by atoms with Crippen LogP contribution in [0.1, 0.15) is 64.7 Å². The Morgan fingerprint density at radius 2 is 1.78 bits per heavy atom. The van der Waals surface area contributed by atoms with Crippen LogP contribution in [0.25, 0.3) is 0 Å². The Morgan fingerprint density at radius 3 is 2.44 bits per heavy atom. The van der Waals surface area contributed by atoms with E-state index >= 15 is 0 Å². The maximum Gasteiger partial charge on any atom is 1.00 e. The van der Waals surface area contributed by atoms with E-state index in [0.717, 1.165) is 37.7 Å². The Morgan fingerprint density at radius 1 is 1.11 bits per heavy atom. The van der Waals surface area contributed by atoms with E-state index in [1.54, 1.807) is 0 Å². The second-order valence-corrected chi connectivity index (χ2v) is 11.8. The van der Waals surface area contributed by atoms with E-state index in [4.69, 9.17) is 4.18 Å². The van der Waals surface area contributed by atoms with Gasteiger partial charge in [0.15, 0.2) is 0 Å². The fourth-order valence-corrected chi connectivity index (χ4v) is 8.27. The zero-order valence-corrected chi connectivity index (χ0v) is 26.4. The first-order valence-corrected chi connectivity index (χ1v) is 13.9. The van der Waals surface area contributed by atoms with Gasteiger partial charge in [-0.3, -0.25) is 8.98 Å². The number of nitrogens with one attached hydrogen (secondary N) is 1. The fraction of sp³-hybridized carbons (Fsp3) is 0.833. The number of carbonyl (C=O) groups excluding carboxylic acids is 2. The Hall–Kier alpha value is 0.510. The Kier molecular flexibility index (Phi) is 12.5. The largest absolute Gasteiger partial charge is 1.00 e. The summed E-state index contributed by atoms with van der Waals surface area (Å²) < 4.78 is 37.7. The zero-order valence-electron chi connectivity index (χ0n) is 21.6. The normalized spacial score (nSPS) is 36.0. The van der Waals surface area contributed by atoms with Crippen molar-refractivity contribution in [1.82, 2.24) is 5.32 Å². The van der Waals surface area contributed by atoms with Crippen LogP contribution in [0.5, 0.6) is 0 Å². The summed E-state index contributed by atoms with van der Waals surface area (Å²) in [5.74, 6) is 1.09. The molecule has 1 amide bonds. The van der Waals surface area contributed by atoms with Gasteiger partial charge in [-0.05, 0) is 92.8 Å². The van der Waals surface area contributed by atoms with Crippen molar-refractivity contribution in [2.75, 3.05) is 6.54 Å². The van der Waals surface area contributed by atoms with Gasteiger partial charge >= 0.3 is 59.1 Å². The summed E-state index contributed by atoms with van der Waals surface area (Å²) >= 11 is 0. The van der Waals surface area contributed by atoms with Crippen molar-refractivity contribution in [1.29, 1.82) is 0 Å². The molecule has 3 saturated carbocycles. The third kappa shape index (κ3) is 7.79. The molecule has 2 N–H and O–H groups in total. The van der Waals surface area contributed by atoms with E-state index in [1.807, 2.05) is 6.08 Å². The summed E-state index contributed by atoms with van der Waals surface area (Å²) in [5, 5.41) is 24.0. The Bertz CT molecular complexity index is 929. The van der Waals surface area contributed by atoms with Crippen molar-refractivity contribution in [3.05, 3.63) is 11.6 Å². The predicted octanol–water partition coefficient (Wildman–Crippen LogP) is -5.11. The van der Waals surface area contributed by atoms with E-state index in [1.165, 1.54) is 0 Å². The monoisotopic (exact) mass is 543 g/mol. The second-order valence-electron chi connectivity index (χ2n) is 10.8. The van der Waals surface area contributed by atoms with Crippen molar-refractivity contribution in [2.45, 2.75) is 76.9 Å². The molecule has 4 aliphatic rings. The molecule has 4 rings (SSSR count). The molecule has 0 bridgehead atoms. The standard InChI is InChI=1S/C24H37NO8S.2Na/c1-13(2-9-22(27)25-12-23(28)29)16-5-7-20-18(16)6-8-19-17-4-3-15(33-34(30,31)32)10-14(17)11-21(26)24(19)20;;/h11,13,15-21,24,26H,2-10,12H2,1H3,(H,25,27)(H,28,29)(H,30,31,32);;/q;2*+1/p-2/t13-,15+,16?,17+,18-,19?,20-,21-,24-;;/m1../s1. The molecule has 0 aliphatic heterocycles. The van der Waals surface area contributed by atoms with Crippen LogP contribution in [-0.2, 0) is 24.2 Å². The number of rotatable bonds is 8. The molecule has 0 saturated heterocycles. The number of aliphatic hydroxyl groups excluding tert-OH is 1. The molecule has 36 heavy (non-hydrogen) atoms. The third-order valence-corrected chi connectivity index (χ3v) is 9.54. The van der Waals surface area contributed by atoms with Crippen molar-refractivity contribution < 1.29 is 96.1 Å². The van der Waals surface area contributed by atoms with E-state index < -0.39 is 35.1 Å². The summed E-state index contributed by atoms with van der Waals surface area (Å²) in [4.78, 5) is 22.4. The first-order chi connectivity index (χ1) is 16.0. The summed E-state index contributed by atoms with van der Waals surface area (Å²) in [7, 11) is -4.74. The average Bonchev–Trinajstić information content (AvgIpc) is 3.18. The van der Waals surface area contributed by atoms with Crippen LogP contribution < -0.4 is 69.5 Å². The van der Waals surface area contributed by atoms with Gasteiger partial charge in [-0.15, -0.1) is 0 Å². The number of carboxylic acids is 1. The van der Waals surface area contributed by atoms with Gasteiger partial charge in [0.05, 0.1) is 24.7 Å².